The van der Waals surface area contributed by atoms with E-state index in [9.17, 15) is 9.18 Å². The Morgan fingerprint density at radius 1 is 1.23 bits per heavy atom. The van der Waals surface area contributed by atoms with Gasteiger partial charge in [0.1, 0.15) is 5.82 Å². The predicted molar refractivity (Wildman–Crippen MR) is 84.2 cm³/mol. The molecule has 0 aliphatic rings. The Bertz CT molecular complexity index is 448. The predicted octanol–water partition coefficient (Wildman–Crippen LogP) is 4.02. The minimum Gasteiger partial charge on any atom is -0.449 e. The maximum Gasteiger partial charge on any atom is 0.410 e. The fourth-order valence-corrected chi connectivity index (χ4v) is 2.06. The summed E-state index contributed by atoms with van der Waals surface area (Å²) < 4.78 is 23.4. The molecule has 1 aromatic carbocycles. The molecule has 5 heteroatoms. The number of carbonyl (C=O) groups is 1. The smallest absolute Gasteiger partial charge is 0.410 e. The molecule has 0 bridgehead atoms. The first-order valence-corrected chi connectivity index (χ1v) is 7.63. The Morgan fingerprint density at radius 2 is 1.86 bits per heavy atom. The van der Waals surface area contributed by atoms with E-state index < -0.39 is 0 Å². The summed E-state index contributed by atoms with van der Waals surface area (Å²) in [5, 5.41) is 0. The molecule has 0 unspecified atom stereocenters. The van der Waals surface area contributed by atoms with Gasteiger partial charge in [0.2, 0.25) is 0 Å². The molecule has 1 aromatic rings. The lowest BCUT2D eigenvalue weighted by atomic mass is 10.1. The Morgan fingerprint density at radius 3 is 2.41 bits per heavy atom. The second-order valence-corrected chi connectivity index (χ2v) is 5.74. The van der Waals surface area contributed by atoms with Crippen molar-refractivity contribution in [1.82, 2.24) is 4.90 Å². The molecule has 1 rings (SSSR count). The van der Waals surface area contributed by atoms with E-state index in [4.69, 9.17) is 9.47 Å². The third-order valence-electron chi connectivity index (χ3n) is 3.34. The van der Waals surface area contributed by atoms with Crippen molar-refractivity contribution in [3.05, 3.63) is 35.6 Å². The van der Waals surface area contributed by atoms with Gasteiger partial charge in [0.05, 0.1) is 12.6 Å². The molecule has 0 aliphatic heterocycles. The molecule has 0 aromatic heterocycles. The van der Waals surface area contributed by atoms with E-state index >= 15 is 0 Å². The van der Waals surface area contributed by atoms with Crippen LogP contribution in [0, 0.1) is 11.7 Å². The molecule has 0 heterocycles. The van der Waals surface area contributed by atoms with Gasteiger partial charge in [-0.25, -0.2) is 9.18 Å². The molecule has 0 saturated heterocycles. The van der Waals surface area contributed by atoms with Crippen molar-refractivity contribution in [3.63, 3.8) is 0 Å². The molecule has 0 fully saturated rings. The van der Waals surface area contributed by atoms with E-state index in [1.165, 1.54) is 12.1 Å². The Labute approximate surface area is 132 Å². The summed E-state index contributed by atoms with van der Waals surface area (Å²) in [5.41, 5.74) is 0.875. The van der Waals surface area contributed by atoms with Gasteiger partial charge in [-0.1, -0.05) is 26.0 Å². The quantitative estimate of drug-likeness (QED) is 0.681. The van der Waals surface area contributed by atoms with Crippen molar-refractivity contribution in [2.24, 2.45) is 5.92 Å². The highest BCUT2D eigenvalue weighted by Gasteiger charge is 2.22. The van der Waals surface area contributed by atoms with E-state index in [0.717, 1.165) is 12.0 Å². The number of methoxy groups -OCH3 is 1. The average Bonchev–Trinajstić information content (AvgIpc) is 2.49. The normalized spacial score (nSPS) is 12.3. The molecular formula is C17H26FNO3. The van der Waals surface area contributed by atoms with Crippen LogP contribution in [0.3, 0.4) is 0 Å². The van der Waals surface area contributed by atoms with Crippen molar-refractivity contribution >= 4 is 6.09 Å². The molecule has 1 amide bonds. The molecular weight excluding hydrogens is 285 g/mol. The minimum atomic E-state index is -0.346. The van der Waals surface area contributed by atoms with Crippen molar-refractivity contribution in [2.75, 3.05) is 26.9 Å². The van der Waals surface area contributed by atoms with Gasteiger partial charge < -0.3 is 14.4 Å². The molecule has 0 saturated carbocycles. The second kappa shape index (κ2) is 9.41. The largest absolute Gasteiger partial charge is 0.449 e. The van der Waals surface area contributed by atoms with E-state index in [2.05, 4.69) is 0 Å². The van der Waals surface area contributed by atoms with Crippen molar-refractivity contribution in [3.8, 4) is 0 Å². The molecule has 0 N–H and O–H groups in total. The van der Waals surface area contributed by atoms with Crippen LogP contribution in [0.15, 0.2) is 24.3 Å². The van der Waals surface area contributed by atoms with E-state index in [0.29, 0.717) is 19.8 Å². The maximum absolute atomic E-state index is 13.0. The minimum absolute atomic E-state index is 0.183. The van der Waals surface area contributed by atoms with Crippen molar-refractivity contribution in [2.45, 2.75) is 33.2 Å². The molecule has 124 valence electrons. The van der Waals surface area contributed by atoms with E-state index in [1.54, 1.807) is 24.1 Å². The monoisotopic (exact) mass is 311 g/mol. The first-order valence-electron chi connectivity index (χ1n) is 7.63. The van der Waals surface area contributed by atoms with Crippen LogP contribution in [0.25, 0.3) is 0 Å². The summed E-state index contributed by atoms with van der Waals surface area (Å²) in [4.78, 5) is 14.0. The lowest BCUT2D eigenvalue weighted by molar-refractivity contribution is 0.0748. The average molecular weight is 311 g/mol. The number of carbonyl (C=O) groups excluding carboxylic acids is 1. The lowest BCUT2D eigenvalue weighted by Gasteiger charge is -2.29. The highest BCUT2D eigenvalue weighted by Crippen LogP contribution is 2.22. The second-order valence-electron chi connectivity index (χ2n) is 5.74. The fourth-order valence-electron chi connectivity index (χ4n) is 2.06. The summed E-state index contributed by atoms with van der Waals surface area (Å²) in [7, 11) is 1.63. The summed E-state index contributed by atoms with van der Waals surface area (Å²) >= 11 is 0. The van der Waals surface area contributed by atoms with Crippen LogP contribution < -0.4 is 0 Å². The third-order valence-corrected chi connectivity index (χ3v) is 3.34. The number of nitrogens with zero attached hydrogens (tertiary/aromatic N) is 1. The number of benzene rings is 1. The number of halogens is 1. The first kappa shape index (κ1) is 18.4. The van der Waals surface area contributed by atoms with Crippen LogP contribution in [0.4, 0.5) is 9.18 Å². The zero-order chi connectivity index (χ0) is 16.5. The summed E-state index contributed by atoms with van der Waals surface area (Å²) in [5.74, 6) is -0.00447. The fraction of sp³-hybridized carbons (Fsp3) is 0.588. The number of rotatable bonds is 8. The standard InChI is InChI=1S/C17H26FNO3/c1-13(2)12-22-17(20)19(10-5-11-21-4)14(3)15-6-8-16(18)9-7-15/h6-9,13-14H,5,10-12H2,1-4H3/t14-/m0/s1. The first-order chi connectivity index (χ1) is 10.5. The van der Waals surface area contributed by atoms with Crippen LogP contribution in [0.5, 0.6) is 0 Å². The molecule has 0 radical (unpaired) electrons. The van der Waals surface area contributed by atoms with Crippen LogP contribution in [0.2, 0.25) is 0 Å². The number of ether oxygens (including phenoxy) is 2. The number of amides is 1. The number of hydrogen-bond acceptors (Lipinski definition) is 3. The van der Waals surface area contributed by atoms with Crippen LogP contribution in [0.1, 0.15) is 38.8 Å². The van der Waals surface area contributed by atoms with Crippen LogP contribution >= 0.6 is 0 Å². The van der Waals surface area contributed by atoms with E-state index in [1.807, 2.05) is 20.8 Å². The van der Waals surface area contributed by atoms with Crippen molar-refractivity contribution in [1.29, 1.82) is 0 Å². The molecule has 1 atom stereocenters. The zero-order valence-electron chi connectivity index (χ0n) is 13.8. The highest BCUT2D eigenvalue weighted by molar-refractivity contribution is 5.68. The summed E-state index contributed by atoms with van der Waals surface area (Å²) in [6, 6.07) is 6.01. The van der Waals surface area contributed by atoms with Crippen molar-refractivity contribution < 1.29 is 18.7 Å². The van der Waals surface area contributed by atoms with Gasteiger partial charge in [-0.3, -0.25) is 0 Å². The van der Waals surface area contributed by atoms with Gasteiger partial charge in [0, 0.05) is 20.3 Å². The highest BCUT2D eigenvalue weighted by atomic mass is 19.1. The SMILES string of the molecule is COCCCN(C(=O)OCC(C)C)[C@@H](C)c1ccc(F)cc1. The third kappa shape index (κ3) is 6.02. The lowest BCUT2D eigenvalue weighted by Crippen LogP contribution is -2.36. The maximum atomic E-state index is 13.0. The van der Waals surface area contributed by atoms with Crippen LogP contribution in [-0.2, 0) is 9.47 Å². The van der Waals surface area contributed by atoms with Gasteiger partial charge >= 0.3 is 6.09 Å². The van der Waals surface area contributed by atoms with Gasteiger partial charge in [-0.15, -0.1) is 0 Å². The topological polar surface area (TPSA) is 38.8 Å². The summed E-state index contributed by atoms with van der Waals surface area (Å²) in [6.45, 7) is 7.39. The Hall–Kier alpha value is -1.62. The van der Waals surface area contributed by atoms with E-state index in [-0.39, 0.29) is 23.9 Å². The Balaban J connectivity index is 2.78. The van der Waals surface area contributed by atoms with Gasteiger partial charge in [-0.2, -0.15) is 0 Å². The molecule has 0 aliphatic carbocycles. The van der Waals surface area contributed by atoms with Crippen LogP contribution in [-0.4, -0.2) is 37.9 Å². The molecule has 22 heavy (non-hydrogen) atoms. The molecule has 0 spiro atoms. The van der Waals surface area contributed by atoms with Gasteiger partial charge in [0.15, 0.2) is 0 Å². The zero-order valence-corrected chi connectivity index (χ0v) is 13.8. The summed E-state index contributed by atoms with van der Waals surface area (Å²) in [6.07, 6.45) is 0.375. The molecule has 4 nitrogen and oxygen atoms in total. The number of hydrogen-bond donors (Lipinski definition) is 0. The van der Waals surface area contributed by atoms with Gasteiger partial charge in [-0.05, 0) is 37.0 Å². The Kier molecular flexibility index (Phi) is 7.88. The van der Waals surface area contributed by atoms with Gasteiger partial charge in [0.25, 0.3) is 0 Å².